The standard InChI is InChI=1S/C9H18N2O2/c1-6-5-8(6)11-9(12)7(10)3-4-13-2/h6-8H,3-5,10H2,1-2H3,(H,11,12). The predicted molar refractivity (Wildman–Crippen MR) is 50.2 cm³/mol. The molecule has 0 bridgehead atoms. The molecule has 3 N–H and O–H groups in total. The molecule has 1 fully saturated rings. The molecular weight excluding hydrogens is 168 g/mol. The van der Waals surface area contributed by atoms with Crippen LogP contribution in [-0.4, -0.2) is 31.7 Å². The highest BCUT2D eigenvalue weighted by Gasteiger charge is 2.34. The fourth-order valence-corrected chi connectivity index (χ4v) is 1.19. The van der Waals surface area contributed by atoms with Gasteiger partial charge in [0.15, 0.2) is 0 Å². The van der Waals surface area contributed by atoms with Crippen LogP contribution in [0.2, 0.25) is 0 Å². The number of nitrogens with two attached hydrogens (primary N) is 1. The van der Waals surface area contributed by atoms with Gasteiger partial charge in [-0.2, -0.15) is 0 Å². The summed E-state index contributed by atoms with van der Waals surface area (Å²) in [7, 11) is 1.60. The van der Waals surface area contributed by atoms with Gasteiger partial charge in [0.2, 0.25) is 5.91 Å². The van der Waals surface area contributed by atoms with Crippen molar-refractivity contribution in [3.63, 3.8) is 0 Å². The molecule has 0 saturated heterocycles. The van der Waals surface area contributed by atoms with Crippen LogP contribution < -0.4 is 11.1 Å². The first-order chi connectivity index (χ1) is 6.15. The minimum Gasteiger partial charge on any atom is -0.385 e. The Balaban J connectivity index is 2.14. The number of carbonyl (C=O) groups excluding carboxylic acids is 1. The van der Waals surface area contributed by atoms with E-state index < -0.39 is 6.04 Å². The van der Waals surface area contributed by atoms with Crippen LogP contribution >= 0.6 is 0 Å². The summed E-state index contributed by atoms with van der Waals surface area (Å²) >= 11 is 0. The van der Waals surface area contributed by atoms with Gasteiger partial charge in [-0.15, -0.1) is 0 Å². The highest BCUT2D eigenvalue weighted by atomic mass is 16.5. The Morgan fingerprint density at radius 2 is 2.38 bits per heavy atom. The quantitative estimate of drug-likeness (QED) is 0.629. The van der Waals surface area contributed by atoms with Crippen molar-refractivity contribution in [1.82, 2.24) is 5.32 Å². The van der Waals surface area contributed by atoms with Crippen LogP contribution in [0.1, 0.15) is 19.8 Å². The Morgan fingerprint density at radius 1 is 1.77 bits per heavy atom. The average Bonchev–Trinajstić information content (AvgIpc) is 2.77. The highest BCUT2D eigenvalue weighted by Crippen LogP contribution is 2.28. The van der Waals surface area contributed by atoms with Gasteiger partial charge in [-0.25, -0.2) is 0 Å². The summed E-state index contributed by atoms with van der Waals surface area (Å²) in [6.07, 6.45) is 1.67. The maximum atomic E-state index is 11.4. The van der Waals surface area contributed by atoms with Crippen molar-refractivity contribution in [1.29, 1.82) is 0 Å². The van der Waals surface area contributed by atoms with E-state index in [2.05, 4.69) is 12.2 Å². The number of carbonyl (C=O) groups is 1. The zero-order chi connectivity index (χ0) is 9.84. The van der Waals surface area contributed by atoms with Gasteiger partial charge < -0.3 is 15.8 Å². The number of rotatable bonds is 5. The zero-order valence-corrected chi connectivity index (χ0v) is 8.25. The minimum atomic E-state index is -0.423. The molecule has 76 valence electrons. The molecule has 0 aliphatic heterocycles. The molecule has 4 nitrogen and oxygen atoms in total. The molecular formula is C9H18N2O2. The van der Waals surface area contributed by atoms with Gasteiger partial charge in [-0.1, -0.05) is 6.92 Å². The molecule has 0 aromatic carbocycles. The van der Waals surface area contributed by atoms with Gasteiger partial charge in [0.1, 0.15) is 0 Å². The van der Waals surface area contributed by atoms with Gasteiger partial charge >= 0.3 is 0 Å². The molecule has 1 saturated carbocycles. The van der Waals surface area contributed by atoms with Crippen molar-refractivity contribution in [3.8, 4) is 0 Å². The third kappa shape index (κ3) is 3.32. The number of methoxy groups -OCH3 is 1. The Hall–Kier alpha value is -0.610. The normalized spacial score (nSPS) is 28.2. The number of amides is 1. The smallest absolute Gasteiger partial charge is 0.237 e. The summed E-state index contributed by atoms with van der Waals surface area (Å²) in [4.78, 5) is 11.4. The summed E-state index contributed by atoms with van der Waals surface area (Å²) < 4.78 is 4.84. The average molecular weight is 186 g/mol. The summed E-state index contributed by atoms with van der Waals surface area (Å²) in [6.45, 7) is 2.65. The van der Waals surface area contributed by atoms with Crippen LogP contribution in [0.15, 0.2) is 0 Å². The number of hydrogen-bond donors (Lipinski definition) is 2. The molecule has 0 heterocycles. The molecule has 1 rings (SSSR count). The van der Waals surface area contributed by atoms with Crippen LogP contribution in [0.4, 0.5) is 0 Å². The van der Waals surface area contributed by atoms with Crippen LogP contribution in [0, 0.1) is 5.92 Å². The second kappa shape index (κ2) is 4.58. The van der Waals surface area contributed by atoms with E-state index in [0.717, 1.165) is 6.42 Å². The summed E-state index contributed by atoms with van der Waals surface area (Å²) in [5.41, 5.74) is 5.63. The topological polar surface area (TPSA) is 64.3 Å². The van der Waals surface area contributed by atoms with Crippen molar-refractivity contribution in [3.05, 3.63) is 0 Å². The summed E-state index contributed by atoms with van der Waals surface area (Å²) in [6, 6.07) is -0.0613. The van der Waals surface area contributed by atoms with Crippen LogP contribution in [-0.2, 0) is 9.53 Å². The number of nitrogens with one attached hydrogen (secondary N) is 1. The second-order valence-electron chi connectivity index (χ2n) is 3.72. The minimum absolute atomic E-state index is 0.0496. The first kappa shape index (κ1) is 10.5. The monoisotopic (exact) mass is 186 g/mol. The van der Waals surface area contributed by atoms with E-state index in [1.54, 1.807) is 7.11 Å². The van der Waals surface area contributed by atoms with Crippen molar-refractivity contribution < 1.29 is 9.53 Å². The first-order valence-electron chi connectivity index (χ1n) is 4.70. The lowest BCUT2D eigenvalue weighted by Crippen LogP contribution is -2.42. The third-order valence-electron chi connectivity index (χ3n) is 2.41. The lowest BCUT2D eigenvalue weighted by Gasteiger charge is -2.10. The highest BCUT2D eigenvalue weighted by molar-refractivity contribution is 5.82. The number of ether oxygens (including phenoxy) is 1. The van der Waals surface area contributed by atoms with Gasteiger partial charge in [0, 0.05) is 19.8 Å². The predicted octanol–water partition coefficient (Wildman–Crippen LogP) is -0.125. The molecule has 1 aliphatic carbocycles. The fraction of sp³-hybridized carbons (Fsp3) is 0.889. The van der Waals surface area contributed by atoms with E-state index in [9.17, 15) is 4.79 Å². The zero-order valence-electron chi connectivity index (χ0n) is 8.25. The molecule has 4 heteroatoms. The molecule has 13 heavy (non-hydrogen) atoms. The van der Waals surface area contributed by atoms with E-state index in [1.807, 2.05) is 0 Å². The maximum Gasteiger partial charge on any atom is 0.237 e. The van der Waals surface area contributed by atoms with E-state index in [0.29, 0.717) is 25.0 Å². The van der Waals surface area contributed by atoms with E-state index in [1.165, 1.54) is 0 Å². The van der Waals surface area contributed by atoms with Crippen molar-refractivity contribution >= 4 is 5.91 Å². The van der Waals surface area contributed by atoms with E-state index in [-0.39, 0.29) is 5.91 Å². The number of hydrogen-bond acceptors (Lipinski definition) is 3. The summed E-state index contributed by atoms with van der Waals surface area (Å²) in [5, 5.41) is 2.89. The Kier molecular flexibility index (Phi) is 3.69. The maximum absolute atomic E-state index is 11.4. The second-order valence-corrected chi connectivity index (χ2v) is 3.72. The lowest BCUT2D eigenvalue weighted by atomic mass is 10.2. The van der Waals surface area contributed by atoms with Gasteiger partial charge in [0.25, 0.3) is 0 Å². The molecule has 1 aliphatic rings. The fourth-order valence-electron chi connectivity index (χ4n) is 1.19. The SMILES string of the molecule is COCCC(N)C(=O)NC1CC1C. The van der Waals surface area contributed by atoms with Crippen LogP contribution in [0.5, 0.6) is 0 Å². The summed E-state index contributed by atoms with van der Waals surface area (Å²) in [5.74, 6) is 0.574. The molecule has 0 spiro atoms. The van der Waals surface area contributed by atoms with Crippen molar-refractivity contribution in [2.24, 2.45) is 11.7 Å². The molecule has 0 aromatic heterocycles. The van der Waals surface area contributed by atoms with Crippen LogP contribution in [0.3, 0.4) is 0 Å². The first-order valence-corrected chi connectivity index (χ1v) is 4.70. The van der Waals surface area contributed by atoms with Crippen molar-refractivity contribution in [2.75, 3.05) is 13.7 Å². The van der Waals surface area contributed by atoms with Gasteiger partial charge in [0.05, 0.1) is 6.04 Å². The molecule has 1 amide bonds. The molecule has 3 atom stereocenters. The van der Waals surface area contributed by atoms with Gasteiger partial charge in [-0.05, 0) is 18.8 Å². The van der Waals surface area contributed by atoms with Gasteiger partial charge in [-0.3, -0.25) is 4.79 Å². The lowest BCUT2D eigenvalue weighted by molar-refractivity contribution is -0.122. The Labute approximate surface area is 78.8 Å². The largest absolute Gasteiger partial charge is 0.385 e. The molecule has 0 aromatic rings. The van der Waals surface area contributed by atoms with Crippen LogP contribution in [0.25, 0.3) is 0 Å². The third-order valence-corrected chi connectivity index (χ3v) is 2.41. The van der Waals surface area contributed by atoms with Crippen molar-refractivity contribution in [2.45, 2.75) is 31.8 Å². The Morgan fingerprint density at radius 3 is 2.85 bits per heavy atom. The van der Waals surface area contributed by atoms with E-state index >= 15 is 0 Å². The molecule has 3 unspecified atom stereocenters. The molecule has 0 radical (unpaired) electrons. The van der Waals surface area contributed by atoms with E-state index in [4.69, 9.17) is 10.5 Å². The Bertz CT molecular complexity index is 184.